The van der Waals surface area contributed by atoms with Crippen molar-refractivity contribution in [3.63, 3.8) is 0 Å². The number of imidazole rings is 1. The van der Waals surface area contributed by atoms with Gasteiger partial charge in [0.05, 0.1) is 11.3 Å². The lowest BCUT2D eigenvalue weighted by Crippen LogP contribution is -2.12. The molecule has 0 atom stereocenters. The quantitative estimate of drug-likeness (QED) is 0.575. The molecule has 0 unspecified atom stereocenters. The van der Waals surface area contributed by atoms with Crippen LogP contribution in [-0.4, -0.2) is 19.5 Å². The van der Waals surface area contributed by atoms with Crippen LogP contribution in [0.1, 0.15) is 19.8 Å². The molecule has 25 heavy (non-hydrogen) atoms. The van der Waals surface area contributed by atoms with E-state index in [1.807, 2.05) is 11.5 Å². The van der Waals surface area contributed by atoms with E-state index >= 15 is 0 Å². The minimum absolute atomic E-state index is 0.169. The highest BCUT2D eigenvalue weighted by Crippen LogP contribution is 2.34. The van der Waals surface area contributed by atoms with Gasteiger partial charge in [-0.1, -0.05) is 40.5 Å². The highest BCUT2D eigenvalue weighted by Gasteiger charge is 2.12. The third kappa shape index (κ3) is 4.26. The Balaban J connectivity index is 1.93. The van der Waals surface area contributed by atoms with Crippen molar-refractivity contribution in [2.45, 2.75) is 36.4 Å². The number of nitrogens with one attached hydrogen (secondary N) is 2. The molecule has 3 aromatic rings. The first-order valence-corrected chi connectivity index (χ1v) is 9.28. The van der Waals surface area contributed by atoms with E-state index in [0.717, 1.165) is 29.9 Å². The number of rotatable bonds is 6. The third-order valence-corrected chi connectivity index (χ3v) is 5.22. The summed E-state index contributed by atoms with van der Waals surface area (Å²) >= 11 is 13.6. The second-order valence-corrected chi connectivity index (χ2v) is 7.64. The summed E-state index contributed by atoms with van der Waals surface area (Å²) in [7, 11) is 0. The number of aryl methyl sites for hydroxylation is 1. The first-order valence-electron chi connectivity index (χ1n) is 7.71. The summed E-state index contributed by atoms with van der Waals surface area (Å²) in [6, 6.07) is 5.29. The number of hydrogen-bond acceptors (Lipinski definition) is 4. The van der Waals surface area contributed by atoms with Crippen molar-refractivity contribution in [2.24, 2.45) is 0 Å². The van der Waals surface area contributed by atoms with E-state index in [-0.39, 0.29) is 5.49 Å². The Hall–Kier alpha value is -1.76. The van der Waals surface area contributed by atoms with Gasteiger partial charge in [0.1, 0.15) is 5.52 Å². The van der Waals surface area contributed by atoms with Crippen molar-refractivity contribution in [2.75, 3.05) is 0 Å². The molecule has 0 saturated carbocycles. The van der Waals surface area contributed by atoms with Gasteiger partial charge in [-0.25, -0.2) is 9.97 Å². The van der Waals surface area contributed by atoms with Crippen LogP contribution in [0.2, 0.25) is 10.0 Å². The van der Waals surface area contributed by atoms with E-state index in [9.17, 15) is 0 Å². The van der Waals surface area contributed by atoms with Gasteiger partial charge in [-0.05, 0) is 38.0 Å². The molecule has 0 saturated heterocycles. The van der Waals surface area contributed by atoms with E-state index in [2.05, 4.69) is 21.5 Å². The summed E-state index contributed by atoms with van der Waals surface area (Å²) in [5, 5.41) is 9.87. The van der Waals surface area contributed by atoms with Crippen LogP contribution in [0.5, 0.6) is 0 Å². The zero-order valence-corrected chi connectivity index (χ0v) is 16.0. The molecule has 1 aromatic carbocycles. The fraction of sp³-hybridized carbons (Fsp3) is 0.235. The Bertz CT molecular complexity index is 992. The van der Waals surface area contributed by atoms with Gasteiger partial charge in [0.2, 0.25) is 0 Å². The maximum absolute atomic E-state index is 8.01. The zero-order valence-electron chi connectivity index (χ0n) is 13.6. The number of benzene rings is 1. The van der Waals surface area contributed by atoms with Crippen molar-refractivity contribution >= 4 is 46.1 Å². The van der Waals surface area contributed by atoms with Gasteiger partial charge in [0.15, 0.2) is 16.3 Å². The second-order valence-electron chi connectivity index (χ2n) is 5.76. The Labute approximate surface area is 159 Å². The first-order chi connectivity index (χ1) is 11.9. The SMILES string of the molecule is C=C(C)CCCn1cnc(=N)c2[nH]c(Sc3cc(Cl)ccc3Cl)nc21. The normalized spacial score (nSPS) is 11.2. The number of hydrogen-bond donors (Lipinski definition) is 2. The maximum Gasteiger partial charge on any atom is 0.173 e. The Morgan fingerprint density at radius 3 is 2.96 bits per heavy atom. The van der Waals surface area contributed by atoms with E-state index < -0.39 is 0 Å². The lowest BCUT2D eigenvalue weighted by molar-refractivity contribution is 0.639. The molecule has 0 fully saturated rings. The van der Waals surface area contributed by atoms with Crippen LogP contribution in [0.3, 0.4) is 0 Å². The van der Waals surface area contributed by atoms with Crippen LogP contribution in [0.4, 0.5) is 0 Å². The molecular formula is C17H17Cl2N5S. The van der Waals surface area contributed by atoms with E-state index in [0.29, 0.717) is 26.4 Å². The van der Waals surface area contributed by atoms with Crippen molar-refractivity contribution in [1.29, 1.82) is 5.41 Å². The number of H-pyrrole nitrogens is 1. The summed E-state index contributed by atoms with van der Waals surface area (Å²) < 4.78 is 1.95. The fourth-order valence-electron chi connectivity index (χ4n) is 2.39. The van der Waals surface area contributed by atoms with Crippen molar-refractivity contribution < 1.29 is 0 Å². The van der Waals surface area contributed by atoms with Gasteiger partial charge in [0.25, 0.3) is 0 Å². The van der Waals surface area contributed by atoms with E-state index in [1.165, 1.54) is 11.8 Å². The van der Waals surface area contributed by atoms with Crippen molar-refractivity contribution in [1.82, 2.24) is 19.5 Å². The molecule has 2 N–H and O–H groups in total. The molecule has 0 amide bonds. The van der Waals surface area contributed by atoms with E-state index in [4.69, 9.17) is 28.6 Å². The molecule has 2 aromatic heterocycles. The second kappa shape index (κ2) is 7.64. The van der Waals surface area contributed by atoms with Crippen molar-refractivity contribution in [3.05, 3.63) is 52.2 Å². The summed E-state index contributed by atoms with van der Waals surface area (Å²) in [4.78, 5) is 12.7. The predicted molar refractivity (Wildman–Crippen MR) is 102 cm³/mol. The summed E-state index contributed by atoms with van der Waals surface area (Å²) in [5.41, 5.74) is 2.64. The molecule has 0 aliphatic rings. The molecular weight excluding hydrogens is 377 g/mol. The van der Waals surface area contributed by atoms with Crippen LogP contribution in [0, 0.1) is 5.41 Å². The number of allylic oxidation sites excluding steroid dienone is 1. The van der Waals surface area contributed by atoms with E-state index in [1.54, 1.807) is 24.5 Å². The average molecular weight is 394 g/mol. The summed E-state index contributed by atoms with van der Waals surface area (Å²) in [6.07, 6.45) is 3.55. The summed E-state index contributed by atoms with van der Waals surface area (Å²) in [6.45, 7) is 6.71. The number of aromatic nitrogens is 4. The third-order valence-electron chi connectivity index (χ3n) is 3.60. The van der Waals surface area contributed by atoms with Crippen LogP contribution < -0.4 is 5.49 Å². The van der Waals surface area contributed by atoms with Crippen LogP contribution in [0.15, 0.2) is 46.7 Å². The predicted octanol–water partition coefficient (Wildman–Crippen LogP) is 5.05. The maximum atomic E-state index is 8.01. The molecule has 130 valence electrons. The van der Waals surface area contributed by atoms with Gasteiger partial charge in [-0.15, -0.1) is 6.58 Å². The van der Waals surface area contributed by atoms with Gasteiger partial charge in [0, 0.05) is 16.5 Å². The molecule has 3 rings (SSSR count). The lowest BCUT2D eigenvalue weighted by Gasteiger charge is -2.06. The highest BCUT2D eigenvalue weighted by atomic mass is 35.5. The molecule has 0 spiro atoms. The molecule has 0 radical (unpaired) electrons. The molecule has 8 heteroatoms. The van der Waals surface area contributed by atoms with Gasteiger partial charge in [-0.2, -0.15) is 0 Å². The van der Waals surface area contributed by atoms with Gasteiger partial charge < -0.3 is 9.55 Å². The van der Waals surface area contributed by atoms with Gasteiger partial charge >= 0.3 is 0 Å². The average Bonchev–Trinajstić information content (AvgIpc) is 2.98. The molecule has 0 aliphatic carbocycles. The largest absolute Gasteiger partial charge is 0.328 e. The van der Waals surface area contributed by atoms with Crippen LogP contribution >= 0.6 is 35.0 Å². The fourth-order valence-corrected chi connectivity index (χ4v) is 3.70. The zero-order chi connectivity index (χ0) is 18.0. The smallest absolute Gasteiger partial charge is 0.173 e. The Morgan fingerprint density at radius 1 is 1.40 bits per heavy atom. The highest BCUT2D eigenvalue weighted by molar-refractivity contribution is 7.99. The Kier molecular flexibility index (Phi) is 5.51. The molecule has 0 aliphatic heterocycles. The molecule has 0 bridgehead atoms. The number of halogens is 2. The molecule has 2 heterocycles. The summed E-state index contributed by atoms with van der Waals surface area (Å²) in [5.74, 6) is 0. The van der Waals surface area contributed by atoms with Gasteiger partial charge in [-0.3, -0.25) is 5.41 Å². The Morgan fingerprint density at radius 2 is 2.20 bits per heavy atom. The van der Waals surface area contributed by atoms with Crippen LogP contribution in [-0.2, 0) is 6.54 Å². The minimum Gasteiger partial charge on any atom is -0.328 e. The lowest BCUT2D eigenvalue weighted by atomic mass is 10.2. The monoisotopic (exact) mass is 393 g/mol. The minimum atomic E-state index is 0.169. The topological polar surface area (TPSA) is 70.3 Å². The van der Waals surface area contributed by atoms with Crippen molar-refractivity contribution in [3.8, 4) is 0 Å². The number of fused-ring (bicyclic) bond motifs is 1. The standard InChI is InChI=1S/C17H17Cl2N5S/c1-10(2)4-3-7-24-9-21-15(20)14-16(24)23-17(22-14)25-13-8-11(18)5-6-12(13)19/h5-6,8-9,20H,1,3-4,7H2,2H3,(H,22,23). The van der Waals surface area contributed by atoms with Crippen LogP contribution in [0.25, 0.3) is 11.2 Å². The molecule has 5 nitrogen and oxygen atoms in total. The first kappa shape index (κ1) is 18.0. The number of nitrogens with zero attached hydrogens (tertiary/aromatic N) is 3. The number of aromatic amines is 1.